The van der Waals surface area contributed by atoms with E-state index in [1.54, 1.807) is 11.8 Å². The first-order valence-electron chi connectivity index (χ1n) is 8.04. The van der Waals surface area contributed by atoms with E-state index < -0.39 is 0 Å². The summed E-state index contributed by atoms with van der Waals surface area (Å²) < 4.78 is 1.85. The normalized spacial score (nSPS) is 18.9. The van der Waals surface area contributed by atoms with Crippen LogP contribution in [-0.4, -0.2) is 26.3 Å². The van der Waals surface area contributed by atoms with Crippen LogP contribution in [0.1, 0.15) is 55.0 Å². The lowest BCUT2D eigenvalue weighted by molar-refractivity contribution is 0.443. The molecule has 0 bridgehead atoms. The van der Waals surface area contributed by atoms with E-state index in [4.69, 9.17) is 5.10 Å². The number of benzene rings is 1. The van der Waals surface area contributed by atoms with Gasteiger partial charge in [0.25, 0.3) is 0 Å². The molecule has 0 atom stereocenters. The zero-order chi connectivity index (χ0) is 14.9. The Morgan fingerprint density at radius 2 is 1.82 bits per heavy atom. The molecule has 0 unspecified atom stereocenters. The fourth-order valence-corrected chi connectivity index (χ4v) is 4.23. The topological polar surface area (TPSA) is 43.1 Å². The fourth-order valence-electron chi connectivity index (χ4n) is 3.35. The first-order chi connectivity index (χ1) is 10.8. The molecule has 114 valence electrons. The lowest BCUT2D eigenvalue weighted by Gasteiger charge is -2.22. The van der Waals surface area contributed by atoms with E-state index in [1.807, 2.05) is 11.6 Å². The molecule has 1 fully saturated rings. The van der Waals surface area contributed by atoms with Crippen LogP contribution in [0.15, 0.2) is 34.5 Å². The maximum absolute atomic E-state index is 4.70. The highest BCUT2D eigenvalue weighted by molar-refractivity contribution is 7.99. The Morgan fingerprint density at radius 1 is 1.05 bits per heavy atom. The minimum absolute atomic E-state index is 0.761. The van der Waals surface area contributed by atoms with E-state index in [9.17, 15) is 0 Å². The van der Waals surface area contributed by atoms with Crippen LogP contribution < -0.4 is 0 Å². The molecule has 4 rings (SSSR count). The van der Waals surface area contributed by atoms with Gasteiger partial charge in [-0.25, -0.2) is 0 Å². The molecule has 1 saturated carbocycles. The van der Waals surface area contributed by atoms with Gasteiger partial charge in [0.15, 0.2) is 5.82 Å². The molecule has 22 heavy (non-hydrogen) atoms. The van der Waals surface area contributed by atoms with Gasteiger partial charge in [0.2, 0.25) is 5.16 Å². The fraction of sp³-hybridized carbons (Fsp3) is 0.471. The predicted octanol–water partition coefficient (Wildman–Crippen LogP) is 3.99. The average Bonchev–Trinajstić information content (AvgIpc) is 2.96. The van der Waals surface area contributed by atoms with E-state index in [1.165, 1.54) is 43.2 Å². The molecule has 0 saturated heterocycles. The zero-order valence-electron chi connectivity index (χ0n) is 12.8. The van der Waals surface area contributed by atoms with Gasteiger partial charge in [-0.3, -0.25) is 0 Å². The molecule has 5 heteroatoms. The van der Waals surface area contributed by atoms with E-state index in [-0.39, 0.29) is 0 Å². The quantitative estimate of drug-likeness (QED) is 0.842. The van der Waals surface area contributed by atoms with Gasteiger partial charge in [-0.2, -0.15) is 9.78 Å². The molecule has 2 aliphatic rings. The van der Waals surface area contributed by atoms with Crippen molar-refractivity contribution in [1.82, 2.24) is 14.9 Å². The molecule has 0 radical (unpaired) electrons. The third-order valence-electron chi connectivity index (χ3n) is 4.65. The van der Waals surface area contributed by atoms with Crippen LogP contribution in [0, 0.1) is 6.92 Å². The summed E-state index contributed by atoms with van der Waals surface area (Å²) in [7, 11) is 0. The summed E-state index contributed by atoms with van der Waals surface area (Å²) in [6.45, 7) is 1.94. The van der Waals surface area contributed by atoms with Crippen LogP contribution in [0.2, 0.25) is 0 Å². The Hall–Kier alpha value is -1.62. The predicted molar refractivity (Wildman–Crippen MR) is 89.7 cm³/mol. The maximum atomic E-state index is 4.70. The number of nitrogens with zero attached hydrogens (tertiary/aromatic N) is 4. The molecule has 4 nitrogen and oxygen atoms in total. The molecule has 2 heterocycles. The van der Waals surface area contributed by atoms with E-state index in [2.05, 4.69) is 34.5 Å². The highest BCUT2D eigenvalue weighted by Gasteiger charge is 2.19. The number of thioether (sulfide) groups is 1. The van der Waals surface area contributed by atoms with Crippen LogP contribution in [0.5, 0.6) is 0 Å². The minimum Gasteiger partial charge on any atom is -0.191 e. The molecule has 2 aromatic rings. The van der Waals surface area contributed by atoms with Crippen molar-refractivity contribution >= 4 is 17.5 Å². The summed E-state index contributed by atoms with van der Waals surface area (Å²) in [6, 6.07) is 9.06. The van der Waals surface area contributed by atoms with Crippen molar-refractivity contribution in [3.8, 4) is 0 Å². The van der Waals surface area contributed by atoms with Crippen LogP contribution in [0.4, 0.5) is 0 Å². The molecule has 1 aromatic carbocycles. The van der Waals surface area contributed by atoms with Gasteiger partial charge >= 0.3 is 0 Å². The van der Waals surface area contributed by atoms with Gasteiger partial charge in [-0.05, 0) is 36.8 Å². The Bertz CT molecular complexity index is 696. The molecule has 0 amide bonds. The van der Waals surface area contributed by atoms with Crippen molar-refractivity contribution in [2.75, 3.05) is 5.75 Å². The largest absolute Gasteiger partial charge is 0.212 e. The molecule has 0 N–H and O–H groups in total. The van der Waals surface area contributed by atoms with Crippen LogP contribution in [-0.2, 0) is 0 Å². The van der Waals surface area contributed by atoms with Gasteiger partial charge in [0.05, 0.1) is 5.71 Å². The van der Waals surface area contributed by atoms with Crippen molar-refractivity contribution in [2.24, 2.45) is 5.10 Å². The van der Waals surface area contributed by atoms with Crippen molar-refractivity contribution in [3.63, 3.8) is 0 Å². The van der Waals surface area contributed by atoms with Crippen molar-refractivity contribution in [1.29, 1.82) is 0 Å². The lowest BCUT2D eigenvalue weighted by atomic mass is 9.84. The summed E-state index contributed by atoms with van der Waals surface area (Å²) in [5.74, 6) is 2.47. The number of aryl methyl sites for hydroxylation is 1. The van der Waals surface area contributed by atoms with Gasteiger partial charge in [0, 0.05) is 5.75 Å². The monoisotopic (exact) mass is 312 g/mol. The SMILES string of the molecule is Cc1nnc2n1N=C(c1ccc(C3CCCCC3)cc1)CS2. The average molecular weight is 312 g/mol. The highest BCUT2D eigenvalue weighted by atomic mass is 32.2. The molecular formula is C17H20N4S. The first kappa shape index (κ1) is 14.0. The second-order valence-electron chi connectivity index (χ2n) is 6.13. The van der Waals surface area contributed by atoms with Gasteiger partial charge in [0.1, 0.15) is 0 Å². The van der Waals surface area contributed by atoms with Gasteiger partial charge < -0.3 is 0 Å². The second kappa shape index (κ2) is 5.88. The van der Waals surface area contributed by atoms with Crippen molar-refractivity contribution in [2.45, 2.75) is 50.1 Å². The van der Waals surface area contributed by atoms with E-state index in [0.717, 1.165) is 28.4 Å². The highest BCUT2D eigenvalue weighted by Crippen LogP contribution is 2.33. The Kier molecular flexibility index (Phi) is 3.74. The summed E-state index contributed by atoms with van der Waals surface area (Å²) in [6.07, 6.45) is 6.86. The summed E-state index contributed by atoms with van der Waals surface area (Å²) in [5.41, 5.74) is 3.81. The standard InChI is InChI=1S/C17H20N4S/c1-12-18-19-17-21(12)20-16(11-22-17)15-9-7-14(8-10-15)13-5-3-2-4-6-13/h7-10,13H,2-6,11H2,1H3. The Balaban J connectivity index is 1.58. The summed E-state index contributed by atoms with van der Waals surface area (Å²) in [4.78, 5) is 0. The first-order valence-corrected chi connectivity index (χ1v) is 9.03. The number of rotatable bonds is 2. The molecule has 0 spiro atoms. The van der Waals surface area contributed by atoms with Crippen LogP contribution >= 0.6 is 11.8 Å². The summed E-state index contributed by atoms with van der Waals surface area (Å²) >= 11 is 1.70. The number of hydrogen-bond acceptors (Lipinski definition) is 4. The maximum Gasteiger partial charge on any atom is 0.212 e. The molecule has 1 aliphatic heterocycles. The van der Waals surface area contributed by atoms with E-state index >= 15 is 0 Å². The van der Waals surface area contributed by atoms with Crippen molar-refractivity contribution < 1.29 is 0 Å². The zero-order valence-corrected chi connectivity index (χ0v) is 13.6. The third-order valence-corrected chi connectivity index (χ3v) is 5.58. The van der Waals surface area contributed by atoms with Gasteiger partial charge in [-0.15, -0.1) is 10.2 Å². The Morgan fingerprint density at radius 3 is 2.59 bits per heavy atom. The molecular weight excluding hydrogens is 292 g/mol. The Labute approximate surface area is 135 Å². The van der Waals surface area contributed by atoms with Crippen LogP contribution in [0.25, 0.3) is 0 Å². The number of fused-ring (bicyclic) bond motifs is 1. The second-order valence-corrected chi connectivity index (χ2v) is 7.08. The molecule has 1 aromatic heterocycles. The number of hydrogen-bond donors (Lipinski definition) is 0. The third kappa shape index (κ3) is 2.58. The van der Waals surface area contributed by atoms with Gasteiger partial charge in [-0.1, -0.05) is 55.3 Å². The minimum atomic E-state index is 0.761. The lowest BCUT2D eigenvalue weighted by Crippen LogP contribution is -2.14. The van der Waals surface area contributed by atoms with E-state index in [0.29, 0.717) is 0 Å². The molecule has 1 aliphatic carbocycles. The number of aromatic nitrogens is 3. The smallest absolute Gasteiger partial charge is 0.191 e. The van der Waals surface area contributed by atoms with Crippen LogP contribution in [0.3, 0.4) is 0 Å². The summed E-state index contributed by atoms with van der Waals surface area (Å²) in [5, 5.41) is 13.8. The van der Waals surface area contributed by atoms with Crippen molar-refractivity contribution in [3.05, 3.63) is 41.2 Å².